The van der Waals surface area contributed by atoms with Gasteiger partial charge in [0.2, 0.25) is 0 Å². The van der Waals surface area contributed by atoms with Gasteiger partial charge in [0.15, 0.2) is 11.5 Å². The number of phenolic OH excluding ortho intramolecular Hbond substituents is 3. The zero-order valence-electron chi connectivity index (χ0n) is 10.5. The summed E-state index contributed by atoms with van der Waals surface area (Å²) in [5.41, 5.74) is 17.7. The fraction of sp³-hybridized carbons (Fsp3) is 0. The Kier molecular flexibility index (Phi) is 3.30. The first-order valence-corrected chi connectivity index (χ1v) is 5.77. The standard InChI is InChI=1S/C14H15N3O3/c15-10-9(11(16)14(20)12(17)13(10)19)6-3-7-1-4-8(18)5-2-7/h1-6,18-20H,15-17H2. The number of hydrogen-bond acceptors (Lipinski definition) is 6. The maximum Gasteiger partial charge on any atom is 0.166 e. The normalized spacial score (nSPS) is 11.0. The van der Waals surface area contributed by atoms with Gasteiger partial charge in [0.25, 0.3) is 0 Å². The molecule has 20 heavy (non-hydrogen) atoms. The third kappa shape index (κ3) is 2.26. The third-order valence-corrected chi connectivity index (χ3v) is 2.94. The fourth-order valence-corrected chi connectivity index (χ4v) is 1.75. The van der Waals surface area contributed by atoms with Gasteiger partial charge in [-0.3, -0.25) is 0 Å². The average molecular weight is 273 g/mol. The summed E-state index contributed by atoms with van der Waals surface area (Å²) in [5, 5.41) is 28.6. The van der Waals surface area contributed by atoms with Crippen LogP contribution in [0.3, 0.4) is 0 Å². The molecular formula is C14H15N3O3. The monoisotopic (exact) mass is 273 g/mol. The molecule has 104 valence electrons. The zero-order valence-corrected chi connectivity index (χ0v) is 10.5. The van der Waals surface area contributed by atoms with Crippen LogP contribution in [-0.4, -0.2) is 15.3 Å². The Bertz CT molecular complexity index is 650. The van der Waals surface area contributed by atoms with Crippen LogP contribution in [0.25, 0.3) is 12.2 Å². The van der Waals surface area contributed by atoms with Crippen molar-refractivity contribution >= 4 is 29.2 Å². The number of nitrogens with two attached hydrogens (primary N) is 3. The molecule has 2 aromatic carbocycles. The predicted octanol–water partition coefficient (Wildman–Crippen LogP) is 1.72. The molecule has 0 saturated carbocycles. The highest BCUT2D eigenvalue weighted by Gasteiger charge is 2.16. The first-order valence-electron chi connectivity index (χ1n) is 5.77. The van der Waals surface area contributed by atoms with Crippen molar-refractivity contribution in [3.05, 3.63) is 35.4 Å². The number of rotatable bonds is 2. The number of aromatic hydroxyl groups is 3. The summed E-state index contributed by atoms with van der Waals surface area (Å²) in [7, 11) is 0. The number of hydrogen-bond donors (Lipinski definition) is 6. The third-order valence-electron chi connectivity index (χ3n) is 2.94. The molecule has 2 rings (SSSR count). The molecular weight excluding hydrogens is 258 g/mol. The van der Waals surface area contributed by atoms with Crippen molar-refractivity contribution in [2.24, 2.45) is 0 Å². The van der Waals surface area contributed by atoms with Crippen LogP contribution < -0.4 is 17.2 Å². The molecule has 0 atom stereocenters. The number of phenols is 3. The Morgan fingerprint density at radius 3 is 1.70 bits per heavy atom. The van der Waals surface area contributed by atoms with Crippen LogP contribution >= 0.6 is 0 Å². The first kappa shape index (κ1) is 13.4. The summed E-state index contributed by atoms with van der Waals surface area (Å²) >= 11 is 0. The topological polar surface area (TPSA) is 139 Å². The molecule has 0 aliphatic heterocycles. The lowest BCUT2D eigenvalue weighted by Crippen LogP contribution is -2.01. The van der Waals surface area contributed by atoms with Gasteiger partial charge in [0, 0.05) is 5.56 Å². The Hall–Kier alpha value is -3.02. The molecule has 9 N–H and O–H groups in total. The van der Waals surface area contributed by atoms with Gasteiger partial charge in [-0.05, 0) is 23.8 Å². The van der Waals surface area contributed by atoms with Crippen LogP contribution in [0.4, 0.5) is 17.1 Å². The molecule has 6 heteroatoms. The molecule has 0 bridgehead atoms. The highest BCUT2D eigenvalue weighted by atomic mass is 16.3. The molecule has 2 aromatic rings. The first-order chi connectivity index (χ1) is 9.41. The van der Waals surface area contributed by atoms with Crippen molar-refractivity contribution in [1.29, 1.82) is 0 Å². The van der Waals surface area contributed by atoms with E-state index in [9.17, 15) is 15.3 Å². The van der Waals surface area contributed by atoms with Gasteiger partial charge in [-0.15, -0.1) is 0 Å². The second-order valence-corrected chi connectivity index (χ2v) is 4.28. The Morgan fingerprint density at radius 2 is 1.20 bits per heavy atom. The molecule has 0 heterocycles. The minimum absolute atomic E-state index is 0.00664. The van der Waals surface area contributed by atoms with Crippen molar-refractivity contribution in [2.45, 2.75) is 0 Å². The molecule has 0 spiro atoms. The van der Waals surface area contributed by atoms with Crippen molar-refractivity contribution in [2.75, 3.05) is 17.2 Å². The van der Waals surface area contributed by atoms with Gasteiger partial charge >= 0.3 is 0 Å². The summed E-state index contributed by atoms with van der Waals surface area (Å²) in [6.07, 6.45) is 3.23. The van der Waals surface area contributed by atoms with Crippen LogP contribution in [0.5, 0.6) is 17.2 Å². The van der Waals surface area contributed by atoms with Gasteiger partial charge in [0.05, 0.1) is 11.4 Å². The van der Waals surface area contributed by atoms with E-state index in [4.69, 9.17) is 17.2 Å². The maximum absolute atomic E-state index is 9.69. The summed E-state index contributed by atoms with van der Waals surface area (Å²) in [6, 6.07) is 6.44. The second-order valence-electron chi connectivity index (χ2n) is 4.28. The maximum atomic E-state index is 9.69. The van der Waals surface area contributed by atoms with Crippen LogP contribution in [0.1, 0.15) is 11.1 Å². The smallest absolute Gasteiger partial charge is 0.166 e. The van der Waals surface area contributed by atoms with Crippen LogP contribution in [0.15, 0.2) is 24.3 Å². The average Bonchev–Trinajstić information content (AvgIpc) is 2.45. The fourth-order valence-electron chi connectivity index (χ4n) is 1.75. The summed E-state index contributed by atoms with van der Waals surface area (Å²) in [6.45, 7) is 0. The van der Waals surface area contributed by atoms with E-state index in [1.54, 1.807) is 24.3 Å². The Labute approximate surface area is 115 Å². The minimum atomic E-state index is -0.401. The largest absolute Gasteiger partial charge is 0.508 e. The molecule has 0 fully saturated rings. The molecule has 0 aliphatic carbocycles. The van der Waals surface area contributed by atoms with E-state index >= 15 is 0 Å². The molecule has 0 radical (unpaired) electrons. The highest BCUT2D eigenvalue weighted by Crippen LogP contribution is 2.44. The second kappa shape index (κ2) is 4.93. The lowest BCUT2D eigenvalue weighted by atomic mass is 10.1. The van der Waals surface area contributed by atoms with Crippen LogP contribution in [-0.2, 0) is 0 Å². The molecule has 0 aromatic heterocycles. The van der Waals surface area contributed by atoms with E-state index in [1.807, 2.05) is 0 Å². The molecule has 0 aliphatic rings. The number of benzene rings is 2. The minimum Gasteiger partial charge on any atom is -0.508 e. The number of nitrogen functional groups attached to an aromatic ring is 3. The van der Waals surface area contributed by atoms with Gasteiger partial charge < -0.3 is 32.5 Å². The van der Waals surface area contributed by atoms with E-state index in [0.717, 1.165) is 5.56 Å². The quantitative estimate of drug-likeness (QED) is 0.213. The summed E-state index contributed by atoms with van der Waals surface area (Å²) in [5.74, 6) is -0.645. The van der Waals surface area contributed by atoms with Crippen LogP contribution in [0.2, 0.25) is 0 Å². The zero-order chi connectivity index (χ0) is 14.9. The van der Waals surface area contributed by atoms with Gasteiger partial charge in [0.1, 0.15) is 11.4 Å². The van der Waals surface area contributed by atoms with E-state index < -0.39 is 11.5 Å². The Morgan fingerprint density at radius 1 is 0.700 bits per heavy atom. The van der Waals surface area contributed by atoms with Gasteiger partial charge in [-0.25, -0.2) is 0 Å². The van der Waals surface area contributed by atoms with Crippen molar-refractivity contribution in [3.63, 3.8) is 0 Å². The molecule has 0 saturated heterocycles. The Balaban J connectivity index is 2.46. The van der Waals surface area contributed by atoms with Crippen molar-refractivity contribution < 1.29 is 15.3 Å². The summed E-state index contributed by atoms with van der Waals surface area (Å²) < 4.78 is 0. The van der Waals surface area contributed by atoms with E-state index in [0.29, 0.717) is 0 Å². The van der Waals surface area contributed by atoms with E-state index in [1.165, 1.54) is 12.1 Å². The van der Waals surface area contributed by atoms with E-state index in [-0.39, 0.29) is 28.4 Å². The lowest BCUT2D eigenvalue weighted by Gasteiger charge is -2.12. The highest BCUT2D eigenvalue weighted by molar-refractivity contribution is 5.93. The molecule has 6 nitrogen and oxygen atoms in total. The van der Waals surface area contributed by atoms with Gasteiger partial charge in [-0.2, -0.15) is 0 Å². The molecule has 0 amide bonds. The molecule has 0 unspecified atom stereocenters. The van der Waals surface area contributed by atoms with E-state index in [2.05, 4.69) is 0 Å². The predicted molar refractivity (Wildman–Crippen MR) is 80.0 cm³/mol. The summed E-state index contributed by atoms with van der Waals surface area (Å²) in [4.78, 5) is 0. The van der Waals surface area contributed by atoms with Crippen molar-refractivity contribution in [1.82, 2.24) is 0 Å². The van der Waals surface area contributed by atoms with Gasteiger partial charge in [-0.1, -0.05) is 18.2 Å². The lowest BCUT2D eigenvalue weighted by molar-refractivity contribution is 0.458. The number of anilines is 3. The van der Waals surface area contributed by atoms with Crippen LogP contribution in [0, 0.1) is 0 Å². The van der Waals surface area contributed by atoms with Crippen molar-refractivity contribution in [3.8, 4) is 17.2 Å². The SMILES string of the molecule is Nc1c(O)c(N)c(C=Cc2ccc(O)cc2)c(N)c1O.